The van der Waals surface area contributed by atoms with E-state index in [1.165, 1.54) is 0 Å². The zero-order chi connectivity index (χ0) is 18.1. The molecule has 25 heavy (non-hydrogen) atoms. The molecule has 2 rings (SSSR count). The normalized spacial score (nSPS) is 13.1. The molecule has 0 saturated heterocycles. The zero-order valence-electron chi connectivity index (χ0n) is 14.7. The molecular formula is C20H26N2O3. The van der Waals surface area contributed by atoms with Crippen LogP contribution in [0.1, 0.15) is 36.5 Å². The maximum absolute atomic E-state index is 12.2. The van der Waals surface area contributed by atoms with Crippen LogP contribution in [0, 0.1) is 0 Å². The van der Waals surface area contributed by atoms with Crippen LogP contribution in [0.3, 0.4) is 0 Å². The standard InChI is InChI=1S/C20H26N2O3/c1-15(25-2)17-9-6-10-19(13-17)22-20(24)21-14-18(11-12-23)16-7-4-3-5-8-16/h3-10,13,15,18,23H,11-12,14H2,1-2H3,(H2,21,22,24). The number of nitrogens with one attached hydrogen (secondary N) is 2. The summed E-state index contributed by atoms with van der Waals surface area (Å²) in [6.45, 7) is 2.50. The molecule has 2 atom stereocenters. The van der Waals surface area contributed by atoms with Crippen molar-refractivity contribution >= 4 is 11.7 Å². The fraction of sp³-hybridized carbons (Fsp3) is 0.350. The fourth-order valence-electron chi connectivity index (χ4n) is 2.66. The van der Waals surface area contributed by atoms with Gasteiger partial charge in [-0.2, -0.15) is 0 Å². The van der Waals surface area contributed by atoms with Gasteiger partial charge < -0.3 is 20.5 Å². The second-order valence-electron chi connectivity index (χ2n) is 5.96. The van der Waals surface area contributed by atoms with Gasteiger partial charge >= 0.3 is 6.03 Å². The lowest BCUT2D eigenvalue weighted by Crippen LogP contribution is -2.32. The number of aliphatic hydroxyl groups excluding tert-OH is 1. The van der Waals surface area contributed by atoms with Crippen molar-refractivity contribution < 1.29 is 14.6 Å². The monoisotopic (exact) mass is 342 g/mol. The number of carbonyl (C=O) groups is 1. The summed E-state index contributed by atoms with van der Waals surface area (Å²) in [6, 6.07) is 17.2. The third-order valence-electron chi connectivity index (χ3n) is 4.23. The molecule has 2 amide bonds. The van der Waals surface area contributed by atoms with Crippen LogP contribution >= 0.6 is 0 Å². The minimum atomic E-state index is -0.263. The number of urea groups is 1. The summed E-state index contributed by atoms with van der Waals surface area (Å²) < 4.78 is 5.30. The number of anilines is 1. The maximum atomic E-state index is 12.2. The van der Waals surface area contributed by atoms with Crippen molar-refractivity contribution in [3.8, 4) is 0 Å². The predicted molar refractivity (Wildman–Crippen MR) is 99.8 cm³/mol. The highest BCUT2D eigenvalue weighted by Gasteiger charge is 2.13. The summed E-state index contributed by atoms with van der Waals surface area (Å²) in [5, 5.41) is 15.0. The van der Waals surface area contributed by atoms with E-state index in [0.29, 0.717) is 13.0 Å². The Morgan fingerprint density at radius 3 is 2.52 bits per heavy atom. The largest absolute Gasteiger partial charge is 0.396 e. The molecule has 0 radical (unpaired) electrons. The van der Waals surface area contributed by atoms with Crippen LogP contribution in [-0.4, -0.2) is 31.4 Å². The smallest absolute Gasteiger partial charge is 0.319 e. The molecule has 134 valence electrons. The molecule has 5 heteroatoms. The van der Waals surface area contributed by atoms with E-state index in [4.69, 9.17) is 4.74 Å². The fourth-order valence-corrected chi connectivity index (χ4v) is 2.66. The molecular weight excluding hydrogens is 316 g/mol. The second kappa shape index (κ2) is 9.81. The second-order valence-corrected chi connectivity index (χ2v) is 5.96. The number of benzene rings is 2. The van der Waals surface area contributed by atoms with Gasteiger partial charge in [0.15, 0.2) is 0 Å². The van der Waals surface area contributed by atoms with Gasteiger partial charge in [0.1, 0.15) is 0 Å². The van der Waals surface area contributed by atoms with Crippen LogP contribution in [0.25, 0.3) is 0 Å². The van der Waals surface area contributed by atoms with Crippen LogP contribution in [0.4, 0.5) is 10.5 Å². The summed E-state index contributed by atoms with van der Waals surface area (Å²) in [7, 11) is 1.66. The Labute approximate surface area is 149 Å². The molecule has 5 nitrogen and oxygen atoms in total. The van der Waals surface area contributed by atoms with Crippen molar-refractivity contribution in [1.29, 1.82) is 0 Å². The van der Waals surface area contributed by atoms with E-state index in [0.717, 1.165) is 16.8 Å². The van der Waals surface area contributed by atoms with Crippen molar-refractivity contribution in [3.05, 3.63) is 65.7 Å². The SMILES string of the molecule is COC(C)c1cccc(NC(=O)NCC(CCO)c2ccccc2)c1. The lowest BCUT2D eigenvalue weighted by Gasteiger charge is -2.18. The van der Waals surface area contributed by atoms with E-state index in [1.54, 1.807) is 7.11 Å². The van der Waals surface area contributed by atoms with Crippen molar-refractivity contribution in [2.45, 2.75) is 25.4 Å². The molecule has 0 spiro atoms. The first-order valence-electron chi connectivity index (χ1n) is 8.47. The number of rotatable bonds is 8. The molecule has 0 aliphatic rings. The minimum Gasteiger partial charge on any atom is -0.396 e. The number of hydrogen-bond donors (Lipinski definition) is 3. The summed E-state index contributed by atoms with van der Waals surface area (Å²) in [6.07, 6.45) is 0.572. The lowest BCUT2D eigenvalue weighted by atomic mass is 9.96. The van der Waals surface area contributed by atoms with Crippen LogP contribution in [-0.2, 0) is 4.74 Å². The van der Waals surface area contributed by atoms with Crippen molar-refractivity contribution in [2.24, 2.45) is 0 Å². The molecule has 0 aromatic heterocycles. The van der Waals surface area contributed by atoms with Crippen LogP contribution in [0.15, 0.2) is 54.6 Å². The molecule has 0 bridgehead atoms. The predicted octanol–water partition coefficient (Wildman–Crippen LogP) is 3.68. The average molecular weight is 342 g/mol. The topological polar surface area (TPSA) is 70.6 Å². The quantitative estimate of drug-likeness (QED) is 0.685. The van der Waals surface area contributed by atoms with Crippen molar-refractivity contribution in [3.63, 3.8) is 0 Å². The summed E-state index contributed by atoms with van der Waals surface area (Å²) in [4.78, 5) is 12.2. The molecule has 2 aromatic carbocycles. The molecule has 0 aliphatic heterocycles. The van der Waals surface area contributed by atoms with Crippen LogP contribution in [0.5, 0.6) is 0 Å². The lowest BCUT2D eigenvalue weighted by molar-refractivity contribution is 0.119. The van der Waals surface area contributed by atoms with Crippen LogP contribution < -0.4 is 10.6 Å². The Morgan fingerprint density at radius 2 is 1.84 bits per heavy atom. The number of carbonyl (C=O) groups excluding carboxylic acids is 1. The molecule has 0 aliphatic carbocycles. The highest BCUT2D eigenvalue weighted by molar-refractivity contribution is 5.89. The number of methoxy groups -OCH3 is 1. The first-order valence-corrected chi connectivity index (χ1v) is 8.47. The Morgan fingerprint density at radius 1 is 1.12 bits per heavy atom. The Bertz CT molecular complexity index is 661. The zero-order valence-corrected chi connectivity index (χ0v) is 14.7. The third kappa shape index (κ3) is 5.89. The highest BCUT2D eigenvalue weighted by atomic mass is 16.5. The van der Waals surface area contributed by atoms with E-state index < -0.39 is 0 Å². The van der Waals surface area contributed by atoms with Gasteiger partial charge in [-0.05, 0) is 36.6 Å². The van der Waals surface area contributed by atoms with E-state index in [2.05, 4.69) is 10.6 Å². The first kappa shape index (κ1) is 19.0. The number of aliphatic hydroxyl groups is 1. The molecule has 0 heterocycles. The van der Waals surface area contributed by atoms with E-state index in [9.17, 15) is 9.90 Å². The maximum Gasteiger partial charge on any atom is 0.319 e. The molecule has 3 N–H and O–H groups in total. The van der Waals surface area contributed by atoms with Gasteiger partial charge in [-0.1, -0.05) is 42.5 Å². The molecule has 2 aromatic rings. The van der Waals surface area contributed by atoms with Gasteiger partial charge in [-0.3, -0.25) is 0 Å². The van der Waals surface area contributed by atoms with Gasteiger partial charge in [-0.25, -0.2) is 4.79 Å². The number of ether oxygens (including phenoxy) is 1. The summed E-state index contributed by atoms with van der Waals surface area (Å²) in [5.41, 5.74) is 2.83. The third-order valence-corrected chi connectivity index (χ3v) is 4.23. The van der Waals surface area contributed by atoms with Crippen LogP contribution in [0.2, 0.25) is 0 Å². The Hall–Kier alpha value is -2.37. The summed E-state index contributed by atoms with van der Waals surface area (Å²) >= 11 is 0. The molecule has 0 fully saturated rings. The van der Waals surface area contributed by atoms with E-state index in [-0.39, 0.29) is 24.7 Å². The van der Waals surface area contributed by atoms with E-state index in [1.807, 2.05) is 61.5 Å². The van der Waals surface area contributed by atoms with Gasteiger partial charge in [0, 0.05) is 31.9 Å². The Kier molecular flexibility index (Phi) is 7.44. The first-order chi connectivity index (χ1) is 12.1. The van der Waals surface area contributed by atoms with Gasteiger partial charge in [0.05, 0.1) is 6.10 Å². The summed E-state index contributed by atoms with van der Waals surface area (Å²) in [5.74, 6) is 0.0804. The highest BCUT2D eigenvalue weighted by Crippen LogP contribution is 2.20. The molecule has 0 saturated carbocycles. The number of amides is 2. The average Bonchev–Trinajstić information content (AvgIpc) is 2.65. The van der Waals surface area contributed by atoms with Gasteiger partial charge in [0.25, 0.3) is 0 Å². The van der Waals surface area contributed by atoms with Crippen molar-refractivity contribution in [2.75, 3.05) is 25.6 Å². The van der Waals surface area contributed by atoms with Crippen molar-refractivity contribution in [1.82, 2.24) is 5.32 Å². The molecule has 2 unspecified atom stereocenters. The van der Waals surface area contributed by atoms with Gasteiger partial charge in [0.2, 0.25) is 0 Å². The number of hydrogen-bond acceptors (Lipinski definition) is 3. The Balaban J connectivity index is 1.93. The van der Waals surface area contributed by atoms with Gasteiger partial charge in [-0.15, -0.1) is 0 Å². The minimum absolute atomic E-state index is 0.0307. The van der Waals surface area contributed by atoms with E-state index >= 15 is 0 Å².